The number of hydrogen-bond acceptors (Lipinski definition) is 2. The van der Waals surface area contributed by atoms with Crippen molar-refractivity contribution in [3.63, 3.8) is 0 Å². The Bertz CT molecular complexity index is 573. The Morgan fingerprint density at radius 3 is 2.87 bits per heavy atom. The summed E-state index contributed by atoms with van der Waals surface area (Å²) in [7, 11) is 1.90. The fraction of sp³-hybridized carbons (Fsp3) is 0.0909. The van der Waals surface area contributed by atoms with E-state index in [4.69, 9.17) is 0 Å². The Kier molecular flexibility index (Phi) is 1.62. The summed E-state index contributed by atoms with van der Waals surface area (Å²) in [6.45, 7) is 0. The lowest BCUT2D eigenvalue weighted by molar-refractivity contribution is 0.768. The first kappa shape index (κ1) is 8.23. The lowest BCUT2D eigenvalue weighted by Crippen LogP contribution is -1.84. The van der Waals surface area contributed by atoms with Gasteiger partial charge in [0.15, 0.2) is 0 Å². The summed E-state index contributed by atoms with van der Waals surface area (Å²) < 4.78 is 3.78. The lowest BCUT2D eigenvalue weighted by atomic mass is 10.3. The minimum absolute atomic E-state index is 0.953. The molecule has 3 heterocycles. The molecule has 0 aliphatic rings. The summed E-state index contributed by atoms with van der Waals surface area (Å²) in [4.78, 5) is 4.51. The molecule has 0 saturated carbocycles. The van der Waals surface area contributed by atoms with Gasteiger partial charge < -0.3 is 4.40 Å². The molecular weight excluding hydrogens is 188 g/mol. The monoisotopic (exact) mass is 198 g/mol. The van der Waals surface area contributed by atoms with Crippen molar-refractivity contribution in [3.05, 3.63) is 43.0 Å². The van der Waals surface area contributed by atoms with E-state index in [-0.39, 0.29) is 0 Å². The topological polar surface area (TPSA) is 35.1 Å². The van der Waals surface area contributed by atoms with Crippen LogP contribution < -0.4 is 0 Å². The molecule has 0 N–H and O–H groups in total. The third-order valence-electron chi connectivity index (χ3n) is 2.36. The second-order valence-corrected chi connectivity index (χ2v) is 3.49. The van der Waals surface area contributed by atoms with E-state index in [9.17, 15) is 0 Å². The fourth-order valence-electron chi connectivity index (χ4n) is 1.63. The molecule has 3 aromatic rings. The van der Waals surface area contributed by atoms with Crippen molar-refractivity contribution in [2.75, 3.05) is 0 Å². The second-order valence-electron chi connectivity index (χ2n) is 3.49. The Balaban J connectivity index is 2.19. The van der Waals surface area contributed by atoms with Gasteiger partial charge in [-0.1, -0.05) is 6.07 Å². The third kappa shape index (κ3) is 1.30. The minimum atomic E-state index is 0.953. The van der Waals surface area contributed by atoms with E-state index in [1.165, 1.54) is 0 Å². The summed E-state index contributed by atoms with van der Waals surface area (Å²) in [5, 5.41) is 4.13. The molecule has 0 bridgehead atoms. The van der Waals surface area contributed by atoms with Gasteiger partial charge in [-0.05, 0) is 12.1 Å². The molecule has 0 aliphatic carbocycles. The van der Waals surface area contributed by atoms with Gasteiger partial charge in [0.1, 0.15) is 5.65 Å². The first-order valence-corrected chi connectivity index (χ1v) is 4.76. The van der Waals surface area contributed by atoms with Crippen molar-refractivity contribution >= 4 is 5.65 Å². The molecule has 0 aliphatic heterocycles. The number of hydrogen-bond donors (Lipinski definition) is 0. The summed E-state index contributed by atoms with van der Waals surface area (Å²) >= 11 is 0. The highest BCUT2D eigenvalue weighted by Crippen LogP contribution is 2.17. The van der Waals surface area contributed by atoms with Gasteiger partial charge >= 0.3 is 0 Å². The van der Waals surface area contributed by atoms with Gasteiger partial charge in [-0.15, -0.1) is 0 Å². The van der Waals surface area contributed by atoms with E-state index >= 15 is 0 Å². The Hall–Kier alpha value is -2.10. The van der Waals surface area contributed by atoms with Crippen LogP contribution in [0.25, 0.3) is 16.9 Å². The maximum atomic E-state index is 4.51. The molecule has 0 amide bonds. The number of aryl methyl sites for hydroxylation is 1. The van der Waals surface area contributed by atoms with Gasteiger partial charge in [-0.3, -0.25) is 4.68 Å². The quantitative estimate of drug-likeness (QED) is 0.597. The molecule has 0 radical (unpaired) electrons. The summed E-state index contributed by atoms with van der Waals surface area (Å²) in [5.41, 5.74) is 2.95. The fourth-order valence-corrected chi connectivity index (χ4v) is 1.63. The summed E-state index contributed by atoms with van der Waals surface area (Å²) in [6.07, 6.45) is 7.78. The standard InChI is InChI=1S/C11H10N4/c1-14-7-9(6-12-14)10-8-15-5-3-2-4-11(15)13-10/h2-8H,1H3. The second kappa shape index (κ2) is 2.95. The van der Waals surface area contributed by atoms with Gasteiger partial charge in [-0.2, -0.15) is 5.10 Å². The van der Waals surface area contributed by atoms with E-state index in [2.05, 4.69) is 10.1 Å². The molecule has 4 heteroatoms. The van der Waals surface area contributed by atoms with Crippen LogP contribution in [-0.2, 0) is 7.05 Å². The van der Waals surface area contributed by atoms with Crippen LogP contribution in [0.4, 0.5) is 0 Å². The van der Waals surface area contributed by atoms with Crippen LogP contribution in [0.1, 0.15) is 0 Å². The van der Waals surface area contributed by atoms with Gasteiger partial charge in [-0.25, -0.2) is 4.98 Å². The van der Waals surface area contributed by atoms with E-state index < -0.39 is 0 Å². The van der Waals surface area contributed by atoms with Crippen LogP contribution in [-0.4, -0.2) is 19.2 Å². The van der Waals surface area contributed by atoms with Crippen LogP contribution in [0, 0.1) is 0 Å². The zero-order valence-electron chi connectivity index (χ0n) is 8.33. The molecule has 15 heavy (non-hydrogen) atoms. The average molecular weight is 198 g/mol. The van der Waals surface area contributed by atoms with Gasteiger partial charge in [0, 0.05) is 31.2 Å². The van der Waals surface area contributed by atoms with Crippen molar-refractivity contribution < 1.29 is 0 Å². The normalized spacial score (nSPS) is 11.0. The highest BCUT2D eigenvalue weighted by molar-refractivity contribution is 5.60. The smallest absolute Gasteiger partial charge is 0.137 e. The third-order valence-corrected chi connectivity index (χ3v) is 2.36. The van der Waals surface area contributed by atoms with Gasteiger partial charge in [0.05, 0.1) is 11.9 Å². The van der Waals surface area contributed by atoms with Crippen LogP contribution in [0.5, 0.6) is 0 Å². The largest absolute Gasteiger partial charge is 0.306 e. The first-order chi connectivity index (χ1) is 7.33. The SMILES string of the molecule is Cn1cc(-c2cn3ccccc3n2)cn1. The van der Waals surface area contributed by atoms with Crippen molar-refractivity contribution in [3.8, 4) is 11.3 Å². The molecule has 0 atom stereocenters. The number of nitrogens with zero attached hydrogens (tertiary/aromatic N) is 4. The van der Waals surface area contributed by atoms with E-state index in [0.717, 1.165) is 16.9 Å². The van der Waals surface area contributed by atoms with E-state index in [1.54, 1.807) is 4.68 Å². The molecule has 0 unspecified atom stereocenters. The predicted molar refractivity (Wildman–Crippen MR) is 57.4 cm³/mol. The highest BCUT2D eigenvalue weighted by Gasteiger charge is 2.04. The Morgan fingerprint density at radius 1 is 1.20 bits per heavy atom. The number of pyridine rings is 1. The van der Waals surface area contributed by atoms with E-state index in [1.807, 2.05) is 54.4 Å². The molecule has 3 aromatic heterocycles. The number of rotatable bonds is 1. The zero-order valence-corrected chi connectivity index (χ0v) is 8.33. The average Bonchev–Trinajstić information content (AvgIpc) is 2.82. The van der Waals surface area contributed by atoms with Crippen molar-refractivity contribution in [2.24, 2.45) is 7.05 Å². The van der Waals surface area contributed by atoms with Crippen LogP contribution in [0.3, 0.4) is 0 Å². The summed E-state index contributed by atoms with van der Waals surface area (Å²) in [5.74, 6) is 0. The van der Waals surface area contributed by atoms with Crippen LogP contribution >= 0.6 is 0 Å². The molecule has 4 nitrogen and oxygen atoms in total. The highest BCUT2D eigenvalue weighted by atomic mass is 15.2. The molecule has 0 aromatic carbocycles. The molecule has 0 spiro atoms. The van der Waals surface area contributed by atoms with Gasteiger partial charge in [0.2, 0.25) is 0 Å². The van der Waals surface area contributed by atoms with Crippen molar-refractivity contribution in [1.82, 2.24) is 19.2 Å². The van der Waals surface area contributed by atoms with Gasteiger partial charge in [0.25, 0.3) is 0 Å². The number of aromatic nitrogens is 4. The maximum absolute atomic E-state index is 4.51. The molecular formula is C11H10N4. The lowest BCUT2D eigenvalue weighted by Gasteiger charge is -1.86. The van der Waals surface area contributed by atoms with Crippen LogP contribution in [0.2, 0.25) is 0 Å². The molecule has 3 rings (SSSR count). The molecule has 0 fully saturated rings. The summed E-state index contributed by atoms with van der Waals surface area (Å²) in [6, 6.07) is 5.96. The predicted octanol–water partition coefficient (Wildman–Crippen LogP) is 1.73. The number of imidazole rings is 1. The zero-order chi connectivity index (χ0) is 10.3. The first-order valence-electron chi connectivity index (χ1n) is 4.76. The number of fused-ring (bicyclic) bond motifs is 1. The molecule has 74 valence electrons. The van der Waals surface area contributed by atoms with Crippen LogP contribution in [0.15, 0.2) is 43.0 Å². The minimum Gasteiger partial charge on any atom is -0.306 e. The molecule has 0 saturated heterocycles. The van der Waals surface area contributed by atoms with Crippen molar-refractivity contribution in [2.45, 2.75) is 0 Å². The Labute approximate surface area is 86.8 Å². The maximum Gasteiger partial charge on any atom is 0.137 e. The van der Waals surface area contributed by atoms with Crippen molar-refractivity contribution in [1.29, 1.82) is 0 Å². The van der Waals surface area contributed by atoms with E-state index in [0.29, 0.717) is 0 Å². The Morgan fingerprint density at radius 2 is 2.13 bits per heavy atom.